The first kappa shape index (κ1) is 15.3. The number of hydrogen-bond donors (Lipinski definition) is 3. The van der Waals surface area contributed by atoms with Crippen molar-refractivity contribution in [3.8, 4) is 17.1 Å². The zero-order valence-electron chi connectivity index (χ0n) is 12.8. The normalized spacial score (nSPS) is 13.3. The number of rotatable bonds is 3. The van der Waals surface area contributed by atoms with E-state index in [4.69, 9.17) is 9.84 Å². The second-order valence-corrected chi connectivity index (χ2v) is 5.51. The molecule has 122 valence electrons. The summed E-state index contributed by atoms with van der Waals surface area (Å²) in [5.74, 6) is -1.21. The molecule has 1 aliphatic rings. The van der Waals surface area contributed by atoms with Gasteiger partial charge in [-0.2, -0.15) is 0 Å². The van der Waals surface area contributed by atoms with Gasteiger partial charge in [0.1, 0.15) is 23.9 Å². The third-order valence-corrected chi connectivity index (χ3v) is 4.16. The summed E-state index contributed by atoms with van der Waals surface area (Å²) in [5.41, 5.74) is 0.844. The number of ether oxygens (including phenoxy) is 1. The maximum atomic E-state index is 12.0. The van der Waals surface area contributed by atoms with Gasteiger partial charge in [0, 0.05) is 25.4 Å². The summed E-state index contributed by atoms with van der Waals surface area (Å²) >= 11 is 0. The summed E-state index contributed by atoms with van der Waals surface area (Å²) in [6, 6.07) is 0. The summed E-state index contributed by atoms with van der Waals surface area (Å²) in [6.45, 7) is 0.322. The molecule has 0 saturated heterocycles. The van der Waals surface area contributed by atoms with E-state index < -0.39 is 22.8 Å². The predicted octanol–water partition coefficient (Wildman–Crippen LogP) is 0.814. The Bertz CT molecular complexity index is 850. The van der Waals surface area contributed by atoms with E-state index in [1.807, 2.05) is 11.6 Å². The highest BCUT2D eigenvalue weighted by atomic mass is 16.5. The largest absolute Gasteiger partial charge is 0.506 e. The molecule has 2 aromatic rings. The SMILES string of the molecule is COCc1nc2c(n1C)CCCc1c-2[nH]c(=O)c(C(=O)O)c1O. The number of pyridine rings is 1. The number of aromatic amines is 1. The number of aromatic carboxylic acids is 1. The first-order valence-corrected chi connectivity index (χ1v) is 7.20. The summed E-state index contributed by atoms with van der Waals surface area (Å²) < 4.78 is 7.03. The predicted molar refractivity (Wildman–Crippen MR) is 80.6 cm³/mol. The van der Waals surface area contributed by atoms with E-state index in [0.29, 0.717) is 48.6 Å². The highest BCUT2D eigenvalue weighted by molar-refractivity contribution is 5.91. The molecule has 0 fully saturated rings. The van der Waals surface area contributed by atoms with Gasteiger partial charge in [-0.25, -0.2) is 9.78 Å². The summed E-state index contributed by atoms with van der Waals surface area (Å²) in [5, 5.41) is 19.4. The van der Waals surface area contributed by atoms with Gasteiger partial charge >= 0.3 is 5.97 Å². The van der Waals surface area contributed by atoms with Crippen molar-refractivity contribution >= 4 is 5.97 Å². The molecule has 0 spiro atoms. The van der Waals surface area contributed by atoms with E-state index in [9.17, 15) is 14.7 Å². The molecule has 3 rings (SSSR count). The molecule has 8 heteroatoms. The van der Waals surface area contributed by atoms with Crippen molar-refractivity contribution in [2.45, 2.75) is 25.9 Å². The average Bonchev–Trinajstić information content (AvgIpc) is 2.67. The molecule has 3 N–H and O–H groups in total. The molecule has 0 bridgehead atoms. The Labute approximate surface area is 131 Å². The molecule has 0 saturated carbocycles. The van der Waals surface area contributed by atoms with Crippen molar-refractivity contribution in [2.75, 3.05) is 7.11 Å². The van der Waals surface area contributed by atoms with Crippen LogP contribution in [0.2, 0.25) is 0 Å². The molecule has 0 aliphatic heterocycles. The highest BCUT2D eigenvalue weighted by Gasteiger charge is 2.28. The van der Waals surface area contributed by atoms with E-state index in [1.54, 1.807) is 7.11 Å². The molecule has 2 aromatic heterocycles. The molecule has 2 heterocycles. The molecule has 0 radical (unpaired) electrons. The van der Waals surface area contributed by atoms with E-state index in [-0.39, 0.29) is 0 Å². The fraction of sp³-hybridized carbons (Fsp3) is 0.400. The highest BCUT2D eigenvalue weighted by Crippen LogP contribution is 2.35. The van der Waals surface area contributed by atoms with Crippen LogP contribution in [-0.4, -0.2) is 37.8 Å². The number of carboxylic acids is 1. The summed E-state index contributed by atoms with van der Waals surface area (Å²) in [4.78, 5) is 30.3. The Morgan fingerprint density at radius 2 is 2.17 bits per heavy atom. The lowest BCUT2D eigenvalue weighted by Gasteiger charge is -2.09. The maximum Gasteiger partial charge on any atom is 0.345 e. The van der Waals surface area contributed by atoms with Gasteiger partial charge < -0.3 is 24.5 Å². The fourth-order valence-electron chi connectivity index (χ4n) is 3.03. The third-order valence-electron chi connectivity index (χ3n) is 4.16. The molecule has 1 aliphatic carbocycles. The van der Waals surface area contributed by atoms with Crippen LogP contribution in [-0.2, 0) is 31.2 Å². The van der Waals surface area contributed by atoms with Gasteiger partial charge in [-0.1, -0.05) is 0 Å². The number of H-pyrrole nitrogens is 1. The zero-order chi connectivity index (χ0) is 16.7. The molecule has 0 aromatic carbocycles. The Balaban J connectivity index is 2.29. The Morgan fingerprint density at radius 1 is 1.43 bits per heavy atom. The number of hydrogen-bond acceptors (Lipinski definition) is 5. The number of aromatic nitrogens is 3. The number of imidazole rings is 1. The van der Waals surface area contributed by atoms with Crippen LogP contribution in [0.1, 0.15) is 33.9 Å². The van der Waals surface area contributed by atoms with Gasteiger partial charge in [0.15, 0.2) is 5.56 Å². The van der Waals surface area contributed by atoms with Gasteiger partial charge in [-0.15, -0.1) is 0 Å². The summed E-state index contributed by atoms with van der Waals surface area (Å²) in [6.07, 6.45) is 1.89. The van der Waals surface area contributed by atoms with Crippen LogP contribution in [0.5, 0.6) is 5.75 Å². The lowest BCUT2D eigenvalue weighted by atomic mass is 10.0. The van der Waals surface area contributed by atoms with Gasteiger partial charge in [0.25, 0.3) is 5.56 Å². The van der Waals surface area contributed by atoms with Gasteiger partial charge in [0.2, 0.25) is 0 Å². The first-order chi connectivity index (χ1) is 11.0. The van der Waals surface area contributed by atoms with Crippen LogP contribution < -0.4 is 5.56 Å². The molecular weight excluding hydrogens is 302 g/mol. The Kier molecular flexibility index (Phi) is 3.69. The number of aromatic hydroxyl groups is 1. The van der Waals surface area contributed by atoms with Gasteiger partial charge in [-0.05, 0) is 19.3 Å². The number of carbonyl (C=O) groups is 1. The zero-order valence-corrected chi connectivity index (χ0v) is 12.8. The number of nitrogens with one attached hydrogen (secondary N) is 1. The van der Waals surface area contributed by atoms with Crippen LogP contribution in [0.4, 0.5) is 0 Å². The van der Waals surface area contributed by atoms with Crippen LogP contribution >= 0.6 is 0 Å². The Morgan fingerprint density at radius 3 is 2.83 bits per heavy atom. The first-order valence-electron chi connectivity index (χ1n) is 7.20. The van der Waals surface area contributed by atoms with Gasteiger partial charge in [-0.3, -0.25) is 4.79 Å². The topological polar surface area (TPSA) is 117 Å². The molecule has 23 heavy (non-hydrogen) atoms. The summed E-state index contributed by atoms with van der Waals surface area (Å²) in [7, 11) is 3.44. The lowest BCUT2D eigenvalue weighted by Crippen LogP contribution is -2.20. The van der Waals surface area contributed by atoms with E-state index in [2.05, 4.69) is 9.97 Å². The molecule has 0 atom stereocenters. The molecular formula is C15H17N3O5. The maximum absolute atomic E-state index is 12.0. The van der Waals surface area contributed by atoms with E-state index in [1.165, 1.54) is 0 Å². The van der Waals surface area contributed by atoms with Crippen molar-refractivity contribution in [2.24, 2.45) is 7.05 Å². The standard InChI is InChI=1S/C15H17N3O5/c1-18-8-5-3-4-7-11(12(8)16-9(18)6-23-2)17-14(20)10(13(7)19)15(21)22/h3-6H2,1-2H3,(H,21,22)(H2,17,19,20). The van der Waals surface area contributed by atoms with E-state index in [0.717, 1.165) is 5.69 Å². The molecule has 0 amide bonds. The van der Waals surface area contributed by atoms with Crippen LogP contribution in [0.25, 0.3) is 11.4 Å². The average molecular weight is 319 g/mol. The van der Waals surface area contributed by atoms with Crippen LogP contribution in [0.3, 0.4) is 0 Å². The van der Waals surface area contributed by atoms with E-state index >= 15 is 0 Å². The molecule has 8 nitrogen and oxygen atoms in total. The minimum absolute atomic E-state index is 0.322. The second kappa shape index (κ2) is 5.54. The van der Waals surface area contributed by atoms with Crippen LogP contribution in [0.15, 0.2) is 4.79 Å². The minimum Gasteiger partial charge on any atom is -0.506 e. The minimum atomic E-state index is -1.45. The Hall–Kier alpha value is -2.61. The number of fused-ring (bicyclic) bond motifs is 3. The second-order valence-electron chi connectivity index (χ2n) is 5.51. The van der Waals surface area contributed by atoms with Crippen molar-refractivity contribution in [1.29, 1.82) is 0 Å². The van der Waals surface area contributed by atoms with Crippen LogP contribution in [0, 0.1) is 0 Å². The number of methoxy groups -OCH3 is 1. The van der Waals surface area contributed by atoms with Crippen molar-refractivity contribution in [3.63, 3.8) is 0 Å². The smallest absolute Gasteiger partial charge is 0.345 e. The van der Waals surface area contributed by atoms with Crippen molar-refractivity contribution < 1.29 is 19.7 Å². The molecule has 0 unspecified atom stereocenters. The monoisotopic (exact) mass is 319 g/mol. The number of carboxylic acid groups (broad SMARTS) is 1. The van der Waals surface area contributed by atoms with Crippen molar-refractivity contribution in [3.05, 3.63) is 33.0 Å². The fourth-order valence-corrected chi connectivity index (χ4v) is 3.03. The van der Waals surface area contributed by atoms with Crippen molar-refractivity contribution in [1.82, 2.24) is 14.5 Å². The lowest BCUT2D eigenvalue weighted by molar-refractivity contribution is 0.0691. The quantitative estimate of drug-likeness (QED) is 0.771. The number of nitrogens with zero attached hydrogens (tertiary/aromatic N) is 2. The van der Waals surface area contributed by atoms with Gasteiger partial charge in [0.05, 0.1) is 5.69 Å². The third kappa shape index (κ3) is 2.31.